The predicted molar refractivity (Wildman–Crippen MR) is 26.1 cm³/mol. The first-order valence-corrected chi connectivity index (χ1v) is 3.18. The highest BCUT2D eigenvalue weighted by Gasteiger charge is 2.28. The van der Waals surface area contributed by atoms with E-state index < -0.39 is 5.97 Å². The third-order valence-electron chi connectivity index (χ3n) is 0.788. The lowest BCUT2D eigenvalue weighted by Crippen LogP contribution is -2.24. The molecule has 0 aromatic carbocycles. The van der Waals surface area contributed by atoms with Crippen molar-refractivity contribution in [2.45, 2.75) is 12.4 Å². The second-order valence-electron chi connectivity index (χ2n) is 1.49. The Hall–Kier alpha value is 0.310. The summed E-state index contributed by atoms with van der Waals surface area (Å²) in [5.74, 6) is -1.79. The van der Waals surface area contributed by atoms with Crippen molar-refractivity contribution in [3.8, 4) is 0 Å². The van der Waals surface area contributed by atoms with Crippen LogP contribution in [0.1, 0.15) is 6.42 Å². The Kier molecular flexibility index (Phi) is 1.30. The SMILES string of the molecule is OC1(O)CCPO1. The van der Waals surface area contributed by atoms with Crippen LogP contribution in [0.2, 0.25) is 0 Å². The lowest BCUT2D eigenvalue weighted by Gasteiger charge is -2.10. The molecule has 42 valence electrons. The van der Waals surface area contributed by atoms with Crippen LogP contribution < -0.4 is 0 Å². The maximum absolute atomic E-state index is 8.53. The molecule has 3 nitrogen and oxygen atoms in total. The molecule has 2 N–H and O–H groups in total. The van der Waals surface area contributed by atoms with Gasteiger partial charge in [-0.05, 0) is 6.16 Å². The monoisotopic (exact) mass is 122 g/mol. The van der Waals surface area contributed by atoms with Crippen molar-refractivity contribution < 1.29 is 14.7 Å². The van der Waals surface area contributed by atoms with Gasteiger partial charge in [0.1, 0.15) is 0 Å². The second kappa shape index (κ2) is 1.67. The molecule has 1 aliphatic heterocycles. The first kappa shape index (κ1) is 5.45. The molecule has 0 radical (unpaired) electrons. The van der Waals surface area contributed by atoms with E-state index in [4.69, 9.17) is 10.2 Å². The van der Waals surface area contributed by atoms with E-state index in [0.29, 0.717) is 6.42 Å². The van der Waals surface area contributed by atoms with Crippen molar-refractivity contribution in [2.75, 3.05) is 6.16 Å². The minimum absolute atomic E-state index is 0.260. The van der Waals surface area contributed by atoms with Gasteiger partial charge in [-0.2, -0.15) is 0 Å². The first-order valence-electron chi connectivity index (χ1n) is 2.06. The highest BCUT2D eigenvalue weighted by molar-refractivity contribution is 7.32. The topological polar surface area (TPSA) is 49.7 Å². The molecule has 0 amide bonds. The standard InChI is InChI=1S/C3H7O3P/c4-3(5)1-2-7-6-3/h4-5,7H,1-2H2. The van der Waals surface area contributed by atoms with E-state index in [1.54, 1.807) is 0 Å². The fraction of sp³-hybridized carbons (Fsp3) is 1.00. The van der Waals surface area contributed by atoms with Crippen molar-refractivity contribution in [3.63, 3.8) is 0 Å². The molecule has 1 rings (SSSR count). The molecule has 7 heavy (non-hydrogen) atoms. The van der Waals surface area contributed by atoms with Crippen LogP contribution in [-0.4, -0.2) is 22.3 Å². The van der Waals surface area contributed by atoms with Gasteiger partial charge in [0.2, 0.25) is 0 Å². The van der Waals surface area contributed by atoms with Gasteiger partial charge >= 0.3 is 0 Å². The summed E-state index contributed by atoms with van der Waals surface area (Å²) in [4.78, 5) is 0. The number of hydrogen-bond donors (Lipinski definition) is 2. The predicted octanol–water partition coefficient (Wildman–Crippen LogP) is -0.361. The summed E-state index contributed by atoms with van der Waals surface area (Å²) in [6.07, 6.45) is 1.12. The molecule has 1 fully saturated rings. The van der Waals surface area contributed by atoms with Gasteiger partial charge < -0.3 is 14.7 Å². The summed E-state index contributed by atoms with van der Waals surface area (Å²) in [7, 11) is 0.260. The van der Waals surface area contributed by atoms with Gasteiger partial charge in [-0.15, -0.1) is 0 Å². The number of rotatable bonds is 0. The minimum atomic E-state index is -1.79. The molecule has 0 aromatic rings. The number of hydrogen-bond acceptors (Lipinski definition) is 3. The van der Waals surface area contributed by atoms with E-state index in [0.717, 1.165) is 6.16 Å². The molecule has 0 aromatic heterocycles. The summed E-state index contributed by atoms with van der Waals surface area (Å²) in [5.41, 5.74) is 0. The smallest absolute Gasteiger partial charge is 0.281 e. The summed E-state index contributed by atoms with van der Waals surface area (Å²) in [6, 6.07) is 0. The van der Waals surface area contributed by atoms with Crippen molar-refractivity contribution >= 4 is 8.81 Å². The lowest BCUT2D eigenvalue weighted by molar-refractivity contribution is -0.278. The molecular weight excluding hydrogens is 115 g/mol. The molecule has 1 saturated heterocycles. The van der Waals surface area contributed by atoms with Gasteiger partial charge in [-0.25, -0.2) is 0 Å². The maximum atomic E-state index is 8.53. The van der Waals surface area contributed by atoms with Crippen molar-refractivity contribution in [1.29, 1.82) is 0 Å². The van der Waals surface area contributed by atoms with Crippen LogP contribution in [0.5, 0.6) is 0 Å². The zero-order chi connectivity index (χ0) is 5.33. The van der Waals surface area contributed by atoms with Crippen LogP contribution in [0, 0.1) is 0 Å². The third-order valence-corrected chi connectivity index (χ3v) is 1.71. The highest BCUT2D eigenvalue weighted by Crippen LogP contribution is 2.32. The third kappa shape index (κ3) is 1.35. The van der Waals surface area contributed by atoms with E-state index in [1.165, 1.54) is 0 Å². The van der Waals surface area contributed by atoms with Crippen molar-refractivity contribution in [3.05, 3.63) is 0 Å². The van der Waals surface area contributed by atoms with Gasteiger partial charge in [-0.3, -0.25) is 0 Å². The van der Waals surface area contributed by atoms with Crippen molar-refractivity contribution in [2.24, 2.45) is 0 Å². The Bertz CT molecular complexity index is 64.6. The van der Waals surface area contributed by atoms with Gasteiger partial charge in [0, 0.05) is 15.2 Å². The quantitative estimate of drug-likeness (QED) is 0.340. The zero-order valence-electron chi connectivity index (χ0n) is 3.72. The first-order chi connectivity index (χ1) is 3.21. The summed E-state index contributed by atoms with van der Waals surface area (Å²) >= 11 is 0. The maximum Gasteiger partial charge on any atom is 0.281 e. The Balaban J connectivity index is 2.40. The molecule has 0 spiro atoms. The van der Waals surface area contributed by atoms with Crippen LogP contribution in [0.15, 0.2) is 0 Å². The van der Waals surface area contributed by atoms with E-state index >= 15 is 0 Å². The zero-order valence-corrected chi connectivity index (χ0v) is 4.72. The Morgan fingerprint density at radius 3 is 2.43 bits per heavy atom. The number of aliphatic hydroxyl groups is 2. The van der Waals surface area contributed by atoms with E-state index in [-0.39, 0.29) is 8.81 Å². The van der Waals surface area contributed by atoms with E-state index in [1.807, 2.05) is 0 Å². The largest absolute Gasteiger partial charge is 0.343 e. The average molecular weight is 122 g/mol. The summed E-state index contributed by atoms with van der Waals surface area (Å²) in [6.45, 7) is 0. The van der Waals surface area contributed by atoms with Gasteiger partial charge in [0.05, 0.1) is 0 Å². The van der Waals surface area contributed by atoms with Gasteiger partial charge in [-0.1, -0.05) is 0 Å². The summed E-state index contributed by atoms with van der Waals surface area (Å²) < 4.78 is 4.48. The van der Waals surface area contributed by atoms with Crippen LogP contribution >= 0.6 is 8.81 Å². The van der Waals surface area contributed by atoms with Gasteiger partial charge in [0.15, 0.2) is 0 Å². The highest BCUT2D eigenvalue weighted by atomic mass is 31.1. The summed E-state index contributed by atoms with van der Waals surface area (Å²) in [5, 5.41) is 17.1. The fourth-order valence-corrected chi connectivity index (χ4v) is 1.29. The van der Waals surface area contributed by atoms with Crippen LogP contribution in [0.25, 0.3) is 0 Å². The van der Waals surface area contributed by atoms with Crippen LogP contribution in [0.4, 0.5) is 0 Å². The second-order valence-corrected chi connectivity index (χ2v) is 2.48. The van der Waals surface area contributed by atoms with E-state index in [9.17, 15) is 0 Å². The Labute approximate surface area is 43.2 Å². The minimum Gasteiger partial charge on any atom is -0.343 e. The molecular formula is C3H7O3P. The molecule has 1 heterocycles. The van der Waals surface area contributed by atoms with Gasteiger partial charge in [0.25, 0.3) is 5.97 Å². The molecule has 1 aliphatic rings. The normalized spacial score (nSPS) is 31.7. The van der Waals surface area contributed by atoms with E-state index in [2.05, 4.69) is 4.52 Å². The molecule has 0 aliphatic carbocycles. The van der Waals surface area contributed by atoms with Crippen LogP contribution in [-0.2, 0) is 4.52 Å². The fourth-order valence-electron chi connectivity index (χ4n) is 0.432. The molecule has 4 heteroatoms. The Morgan fingerprint density at radius 2 is 2.29 bits per heavy atom. The molecule has 0 bridgehead atoms. The Morgan fingerprint density at radius 1 is 1.57 bits per heavy atom. The van der Waals surface area contributed by atoms with Crippen LogP contribution in [0.3, 0.4) is 0 Å². The lowest BCUT2D eigenvalue weighted by atomic mass is 10.4. The van der Waals surface area contributed by atoms with Crippen molar-refractivity contribution in [1.82, 2.24) is 0 Å². The molecule has 1 unspecified atom stereocenters. The molecule has 1 atom stereocenters. The average Bonchev–Trinajstić information content (AvgIpc) is 1.84. The molecule has 0 saturated carbocycles.